The summed E-state index contributed by atoms with van der Waals surface area (Å²) in [6.45, 7) is 2.14. The van der Waals surface area contributed by atoms with Crippen molar-refractivity contribution in [2.24, 2.45) is 0 Å². The van der Waals surface area contributed by atoms with Gasteiger partial charge in [0.25, 0.3) is 0 Å². The van der Waals surface area contributed by atoms with Crippen LogP contribution in [0.2, 0.25) is 0 Å². The van der Waals surface area contributed by atoms with Crippen LogP contribution in [0.3, 0.4) is 0 Å². The van der Waals surface area contributed by atoms with E-state index in [4.69, 9.17) is 4.74 Å². The molecule has 1 aromatic heterocycles. The minimum Gasteiger partial charge on any atom is -0.462 e. The SMILES string of the molecule is CCOC(=O)c1cc(Br)cnc1CBr. The highest BCUT2D eigenvalue weighted by Crippen LogP contribution is 2.17. The van der Waals surface area contributed by atoms with Gasteiger partial charge < -0.3 is 4.74 Å². The Balaban J connectivity index is 3.03. The van der Waals surface area contributed by atoms with E-state index >= 15 is 0 Å². The Morgan fingerprint density at radius 1 is 1.64 bits per heavy atom. The normalized spacial score (nSPS) is 9.93. The summed E-state index contributed by atoms with van der Waals surface area (Å²) in [5, 5.41) is 0.536. The zero-order valence-corrected chi connectivity index (χ0v) is 10.8. The molecule has 1 aromatic rings. The first-order valence-corrected chi connectivity index (χ1v) is 5.98. The first-order valence-electron chi connectivity index (χ1n) is 4.06. The van der Waals surface area contributed by atoms with Gasteiger partial charge in [-0.3, -0.25) is 4.98 Å². The summed E-state index contributed by atoms with van der Waals surface area (Å²) in [5.74, 6) is -0.337. The van der Waals surface area contributed by atoms with Gasteiger partial charge in [-0.15, -0.1) is 0 Å². The third kappa shape index (κ3) is 2.78. The number of nitrogens with zero attached hydrogens (tertiary/aromatic N) is 1. The monoisotopic (exact) mass is 321 g/mol. The van der Waals surface area contributed by atoms with E-state index in [0.717, 1.165) is 4.47 Å². The number of rotatable bonds is 3. The summed E-state index contributed by atoms with van der Waals surface area (Å²) in [7, 11) is 0. The molecule has 0 bridgehead atoms. The number of ether oxygens (including phenoxy) is 1. The number of aromatic nitrogens is 1. The predicted octanol–water partition coefficient (Wildman–Crippen LogP) is 2.92. The number of pyridine rings is 1. The van der Waals surface area contributed by atoms with Crippen LogP contribution in [0.4, 0.5) is 0 Å². The molecule has 0 saturated carbocycles. The third-order valence-corrected chi connectivity index (χ3v) is 2.52. The lowest BCUT2D eigenvalue weighted by Gasteiger charge is -2.05. The van der Waals surface area contributed by atoms with Gasteiger partial charge in [-0.2, -0.15) is 0 Å². The number of halogens is 2. The average Bonchev–Trinajstić information content (AvgIpc) is 2.18. The van der Waals surface area contributed by atoms with E-state index in [2.05, 4.69) is 36.8 Å². The standard InChI is InChI=1S/C9H9Br2NO2/c1-2-14-9(13)7-3-6(11)5-12-8(7)4-10/h3,5H,2,4H2,1H3. The van der Waals surface area contributed by atoms with Gasteiger partial charge in [0.15, 0.2) is 0 Å². The largest absolute Gasteiger partial charge is 0.462 e. The van der Waals surface area contributed by atoms with E-state index < -0.39 is 0 Å². The molecule has 5 heteroatoms. The number of esters is 1. The molecule has 0 aliphatic carbocycles. The van der Waals surface area contributed by atoms with Crippen LogP contribution in [0, 0.1) is 0 Å². The summed E-state index contributed by atoms with van der Waals surface area (Å²) < 4.78 is 5.67. The van der Waals surface area contributed by atoms with Crippen molar-refractivity contribution < 1.29 is 9.53 Å². The van der Waals surface area contributed by atoms with E-state index in [-0.39, 0.29) is 5.97 Å². The van der Waals surface area contributed by atoms with E-state index in [9.17, 15) is 4.79 Å². The highest BCUT2D eigenvalue weighted by molar-refractivity contribution is 9.10. The van der Waals surface area contributed by atoms with Gasteiger partial charge in [0.05, 0.1) is 17.9 Å². The third-order valence-electron chi connectivity index (χ3n) is 1.56. The maximum Gasteiger partial charge on any atom is 0.340 e. The average molecular weight is 323 g/mol. The molecule has 1 heterocycles. The fourth-order valence-corrected chi connectivity index (χ4v) is 1.74. The molecular formula is C9H9Br2NO2. The molecule has 0 amide bonds. The van der Waals surface area contributed by atoms with Gasteiger partial charge in [0.2, 0.25) is 0 Å². The Hall–Kier alpha value is -0.420. The maximum atomic E-state index is 11.5. The predicted molar refractivity (Wildman–Crippen MR) is 60.5 cm³/mol. The van der Waals surface area contributed by atoms with Crippen molar-refractivity contribution in [2.75, 3.05) is 6.61 Å². The summed E-state index contributed by atoms with van der Waals surface area (Å²) in [5.41, 5.74) is 1.18. The Morgan fingerprint density at radius 2 is 2.36 bits per heavy atom. The zero-order chi connectivity index (χ0) is 10.6. The smallest absolute Gasteiger partial charge is 0.340 e. The van der Waals surface area contributed by atoms with Gasteiger partial charge in [0, 0.05) is 16.0 Å². The van der Waals surface area contributed by atoms with E-state index in [1.54, 1.807) is 19.2 Å². The Bertz CT molecular complexity index is 342. The van der Waals surface area contributed by atoms with Crippen molar-refractivity contribution in [2.45, 2.75) is 12.3 Å². The number of carbonyl (C=O) groups is 1. The molecule has 0 spiro atoms. The van der Waals surface area contributed by atoms with Crippen molar-refractivity contribution in [3.8, 4) is 0 Å². The molecule has 0 atom stereocenters. The molecule has 0 unspecified atom stereocenters. The first-order chi connectivity index (χ1) is 6.69. The van der Waals surface area contributed by atoms with E-state index in [1.807, 2.05) is 0 Å². The molecule has 1 rings (SSSR count). The molecule has 0 fully saturated rings. The second-order valence-corrected chi connectivity index (χ2v) is 3.98. The van der Waals surface area contributed by atoms with Crippen LogP contribution in [0.5, 0.6) is 0 Å². The highest BCUT2D eigenvalue weighted by atomic mass is 79.9. The molecule has 14 heavy (non-hydrogen) atoms. The van der Waals surface area contributed by atoms with Crippen LogP contribution in [-0.2, 0) is 10.1 Å². The Morgan fingerprint density at radius 3 is 2.93 bits per heavy atom. The second-order valence-electron chi connectivity index (χ2n) is 2.50. The number of alkyl halides is 1. The summed E-state index contributed by atoms with van der Waals surface area (Å²) >= 11 is 6.53. The van der Waals surface area contributed by atoms with Gasteiger partial charge in [0.1, 0.15) is 0 Å². The lowest BCUT2D eigenvalue weighted by molar-refractivity contribution is 0.0525. The minimum atomic E-state index is -0.337. The molecule has 0 aliphatic heterocycles. The van der Waals surface area contributed by atoms with Crippen molar-refractivity contribution >= 4 is 37.8 Å². The summed E-state index contributed by atoms with van der Waals surface area (Å²) in [6.07, 6.45) is 1.65. The van der Waals surface area contributed by atoms with Crippen LogP contribution in [-0.4, -0.2) is 17.6 Å². The lowest BCUT2D eigenvalue weighted by atomic mass is 10.2. The molecular weight excluding hydrogens is 314 g/mol. The lowest BCUT2D eigenvalue weighted by Crippen LogP contribution is -2.08. The number of hydrogen-bond acceptors (Lipinski definition) is 3. The molecule has 0 radical (unpaired) electrons. The Labute approximate surface area is 99.1 Å². The van der Waals surface area contributed by atoms with Crippen LogP contribution in [0.25, 0.3) is 0 Å². The van der Waals surface area contributed by atoms with Crippen molar-refractivity contribution in [1.29, 1.82) is 0 Å². The van der Waals surface area contributed by atoms with Crippen LogP contribution in [0.1, 0.15) is 23.0 Å². The van der Waals surface area contributed by atoms with Crippen molar-refractivity contribution in [3.05, 3.63) is 28.0 Å². The molecule has 0 aromatic carbocycles. The number of hydrogen-bond donors (Lipinski definition) is 0. The molecule has 3 nitrogen and oxygen atoms in total. The topological polar surface area (TPSA) is 39.2 Å². The fraction of sp³-hybridized carbons (Fsp3) is 0.333. The molecule has 0 N–H and O–H groups in total. The highest BCUT2D eigenvalue weighted by Gasteiger charge is 2.13. The van der Waals surface area contributed by atoms with Crippen LogP contribution in [0.15, 0.2) is 16.7 Å². The Kier molecular flexibility index (Phi) is 4.54. The van der Waals surface area contributed by atoms with Crippen LogP contribution < -0.4 is 0 Å². The van der Waals surface area contributed by atoms with Crippen molar-refractivity contribution in [1.82, 2.24) is 4.98 Å². The van der Waals surface area contributed by atoms with Gasteiger partial charge in [-0.25, -0.2) is 4.79 Å². The molecule has 0 aliphatic rings. The van der Waals surface area contributed by atoms with Gasteiger partial charge >= 0.3 is 5.97 Å². The van der Waals surface area contributed by atoms with E-state index in [0.29, 0.717) is 23.2 Å². The second kappa shape index (κ2) is 5.46. The maximum absolute atomic E-state index is 11.5. The first kappa shape index (κ1) is 11.7. The zero-order valence-electron chi connectivity index (χ0n) is 7.59. The van der Waals surface area contributed by atoms with Crippen molar-refractivity contribution in [3.63, 3.8) is 0 Å². The van der Waals surface area contributed by atoms with Gasteiger partial charge in [-0.05, 0) is 28.9 Å². The van der Waals surface area contributed by atoms with Gasteiger partial charge in [-0.1, -0.05) is 15.9 Å². The minimum absolute atomic E-state index is 0.337. The summed E-state index contributed by atoms with van der Waals surface area (Å²) in [6, 6.07) is 1.71. The van der Waals surface area contributed by atoms with Crippen LogP contribution >= 0.6 is 31.9 Å². The van der Waals surface area contributed by atoms with E-state index in [1.165, 1.54) is 0 Å². The fourth-order valence-electron chi connectivity index (χ4n) is 0.960. The summed E-state index contributed by atoms with van der Waals surface area (Å²) in [4.78, 5) is 15.6. The molecule has 0 saturated heterocycles. The number of carbonyl (C=O) groups excluding carboxylic acids is 1. The molecule has 76 valence electrons. The quantitative estimate of drug-likeness (QED) is 0.634.